The largest absolute Gasteiger partial charge is 0.361 e. The van der Waals surface area contributed by atoms with Crippen molar-refractivity contribution in [1.29, 1.82) is 0 Å². The van der Waals surface area contributed by atoms with E-state index in [2.05, 4.69) is 42.8 Å². The first kappa shape index (κ1) is 20.0. The van der Waals surface area contributed by atoms with Crippen molar-refractivity contribution < 1.29 is 4.52 Å². The van der Waals surface area contributed by atoms with Crippen LogP contribution in [0.4, 0.5) is 5.00 Å². The monoisotopic (exact) mass is 475 g/mol. The standard InChI is InChI=1S/C17H25N5OS.HI/c1-13-15(14(2)23-20-13)6-7-19-17(18-3)22-10-8-21(9-11-22)16-5-4-12-24-16;/h4-5,12H,6-11H2,1-3H3,(H,18,19);1H. The predicted molar refractivity (Wildman–Crippen MR) is 115 cm³/mol. The van der Waals surface area contributed by atoms with Gasteiger partial charge in [-0.15, -0.1) is 35.3 Å². The van der Waals surface area contributed by atoms with Crippen LogP contribution in [0.15, 0.2) is 27.0 Å². The summed E-state index contributed by atoms with van der Waals surface area (Å²) in [4.78, 5) is 9.21. The van der Waals surface area contributed by atoms with Gasteiger partial charge in [-0.1, -0.05) is 5.16 Å². The van der Waals surface area contributed by atoms with Crippen LogP contribution in [-0.2, 0) is 6.42 Å². The van der Waals surface area contributed by atoms with Crippen molar-refractivity contribution in [3.63, 3.8) is 0 Å². The Bertz CT molecular complexity index is 658. The van der Waals surface area contributed by atoms with Crippen LogP contribution in [0.1, 0.15) is 17.0 Å². The van der Waals surface area contributed by atoms with Gasteiger partial charge in [0, 0.05) is 45.3 Å². The van der Waals surface area contributed by atoms with Gasteiger partial charge in [0.25, 0.3) is 0 Å². The molecule has 0 radical (unpaired) electrons. The second-order valence-corrected chi connectivity index (χ2v) is 6.88. The molecule has 0 atom stereocenters. The average Bonchev–Trinajstić information content (AvgIpc) is 3.24. The van der Waals surface area contributed by atoms with Crippen molar-refractivity contribution in [2.75, 3.05) is 44.7 Å². The number of nitrogens with zero attached hydrogens (tertiary/aromatic N) is 4. The minimum absolute atomic E-state index is 0. The summed E-state index contributed by atoms with van der Waals surface area (Å²) in [6.45, 7) is 8.83. The third-order valence-electron chi connectivity index (χ3n) is 4.45. The van der Waals surface area contributed by atoms with E-state index in [9.17, 15) is 0 Å². The van der Waals surface area contributed by atoms with Crippen LogP contribution < -0.4 is 10.2 Å². The van der Waals surface area contributed by atoms with Crippen molar-refractivity contribution in [2.45, 2.75) is 20.3 Å². The summed E-state index contributed by atoms with van der Waals surface area (Å²) in [5.74, 6) is 1.89. The molecule has 0 saturated carbocycles. The quantitative estimate of drug-likeness (QED) is 0.419. The lowest BCUT2D eigenvalue weighted by Gasteiger charge is -2.37. The Morgan fingerprint density at radius 1 is 1.32 bits per heavy atom. The molecule has 0 aliphatic carbocycles. The van der Waals surface area contributed by atoms with Gasteiger partial charge in [-0.05, 0) is 37.8 Å². The smallest absolute Gasteiger partial charge is 0.193 e. The number of hydrogen-bond acceptors (Lipinski definition) is 5. The van der Waals surface area contributed by atoms with Gasteiger partial charge in [0.05, 0.1) is 10.7 Å². The molecule has 1 saturated heterocycles. The molecule has 138 valence electrons. The lowest BCUT2D eigenvalue weighted by Crippen LogP contribution is -2.52. The Hall–Kier alpha value is -1.29. The lowest BCUT2D eigenvalue weighted by atomic mass is 10.1. The number of nitrogens with one attached hydrogen (secondary N) is 1. The van der Waals surface area contributed by atoms with E-state index in [0.29, 0.717) is 0 Å². The minimum atomic E-state index is 0. The number of rotatable bonds is 4. The number of aryl methyl sites for hydroxylation is 2. The molecule has 1 aliphatic heterocycles. The topological polar surface area (TPSA) is 56.9 Å². The number of aromatic nitrogens is 1. The van der Waals surface area contributed by atoms with Crippen molar-refractivity contribution in [3.05, 3.63) is 34.5 Å². The molecule has 3 rings (SSSR count). The van der Waals surface area contributed by atoms with Gasteiger partial charge in [-0.3, -0.25) is 4.99 Å². The van der Waals surface area contributed by atoms with E-state index in [4.69, 9.17) is 4.52 Å². The number of guanidine groups is 1. The molecule has 2 aromatic heterocycles. The van der Waals surface area contributed by atoms with Gasteiger partial charge in [0.15, 0.2) is 5.96 Å². The Morgan fingerprint density at radius 3 is 2.64 bits per heavy atom. The molecule has 0 bridgehead atoms. The van der Waals surface area contributed by atoms with Crippen LogP contribution in [0.5, 0.6) is 0 Å². The molecule has 25 heavy (non-hydrogen) atoms. The number of halogens is 1. The molecule has 0 aromatic carbocycles. The number of aliphatic imine (C=N–C) groups is 1. The zero-order valence-electron chi connectivity index (χ0n) is 15.0. The number of hydrogen-bond donors (Lipinski definition) is 1. The van der Waals surface area contributed by atoms with E-state index in [0.717, 1.165) is 56.6 Å². The molecule has 0 unspecified atom stereocenters. The fourth-order valence-corrected chi connectivity index (χ4v) is 3.86. The lowest BCUT2D eigenvalue weighted by molar-refractivity contribution is 0.373. The highest BCUT2D eigenvalue weighted by molar-refractivity contribution is 14.0. The predicted octanol–water partition coefficient (Wildman–Crippen LogP) is 2.91. The molecular weight excluding hydrogens is 449 g/mol. The summed E-state index contributed by atoms with van der Waals surface area (Å²) < 4.78 is 5.22. The van der Waals surface area contributed by atoms with Crippen molar-refractivity contribution >= 4 is 46.3 Å². The Labute approximate surface area is 170 Å². The maximum atomic E-state index is 5.22. The zero-order chi connectivity index (χ0) is 16.9. The molecule has 3 heterocycles. The molecule has 0 spiro atoms. The fourth-order valence-electron chi connectivity index (χ4n) is 3.08. The Kier molecular flexibility index (Phi) is 7.55. The summed E-state index contributed by atoms with van der Waals surface area (Å²) in [6, 6.07) is 4.30. The Morgan fingerprint density at radius 2 is 2.08 bits per heavy atom. The number of piperazine rings is 1. The number of anilines is 1. The van der Waals surface area contributed by atoms with Crippen LogP contribution in [0.2, 0.25) is 0 Å². The van der Waals surface area contributed by atoms with Gasteiger partial charge in [-0.2, -0.15) is 0 Å². The molecular formula is C17H26IN5OS. The van der Waals surface area contributed by atoms with E-state index >= 15 is 0 Å². The SMILES string of the molecule is CN=C(NCCc1c(C)noc1C)N1CCN(c2cccs2)CC1.I. The molecule has 2 aromatic rings. The summed E-state index contributed by atoms with van der Waals surface area (Å²) in [5.41, 5.74) is 2.18. The Balaban J connectivity index is 0.00000225. The zero-order valence-corrected chi connectivity index (χ0v) is 18.1. The summed E-state index contributed by atoms with van der Waals surface area (Å²) in [7, 11) is 1.85. The first-order chi connectivity index (χ1) is 11.7. The van der Waals surface area contributed by atoms with Crippen molar-refractivity contribution in [3.8, 4) is 0 Å². The molecule has 1 fully saturated rings. The maximum absolute atomic E-state index is 5.22. The summed E-state index contributed by atoms with van der Waals surface area (Å²) in [6.07, 6.45) is 0.898. The second-order valence-electron chi connectivity index (χ2n) is 5.95. The van der Waals surface area contributed by atoms with E-state index in [1.54, 1.807) is 11.3 Å². The molecule has 8 heteroatoms. The van der Waals surface area contributed by atoms with E-state index in [1.165, 1.54) is 10.6 Å². The highest BCUT2D eigenvalue weighted by atomic mass is 127. The van der Waals surface area contributed by atoms with Crippen LogP contribution in [0.3, 0.4) is 0 Å². The summed E-state index contributed by atoms with van der Waals surface area (Å²) >= 11 is 1.81. The highest BCUT2D eigenvalue weighted by Gasteiger charge is 2.20. The van der Waals surface area contributed by atoms with Gasteiger partial charge in [0.2, 0.25) is 0 Å². The molecule has 1 N–H and O–H groups in total. The van der Waals surface area contributed by atoms with Crippen LogP contribution in [0, 0.1) is 13.8 Å². The first-order valence-corrected chi connectivity index (χ1v) is 9.23. The minimum Gasteiger partial charge on any atom is -0.361 e. The van der Waals surface area contributed by atoms with Crippen LogP contribution in [-0.4, -0.2) is 55.8 Å². The van der Waals surface area contributed by atoms with Gasteiger partial charge < -0.3 is 19.6 Å². The van der Waals surface area contributed by atoms with Crippen LogP contribution >= 0.6 is 35.3 Å². The van der Waals surface area contributed by atoms with Gasteiger partial charge in [-0.25, -0.2) is 0 Å². The molecule has 6 nitrogen and oxygen atoms in total. The maximum Gasteiger partial charge on any atom is 0.193 e. The van der Waals surface area contributed by atoms with Gasteiger partial charge in [0.1, 0.15) is 5.76 Å². The van der Waals surface area contributed by atoms with E-state index in [1.807, 2.05) is 20.9 Å². The highest BCUT2D eigenvalue weighted by Crippen LogP contribution is 2.22. The fraction of sp³-hybridized carbons (Fsp3) is 0.529. The van der Waals surface area contributed by atoms with Gasteiger partial charge >= 0.3 is 0 Å². The van der Waals surface area contributed by atoms with Crippen molar-refractivity contribution in [1.82, 2.24) is 15.4 Å². The van der Waals surface area contributed by atoms with E-state index in [-0.39, 0.29) is 24.0 Å². The normalized spacial score (nSPS) is 15.2. The van der Waals surface area contributed by atoms with Crippen molar-refractivity contribution in [2.24, 2.45) is 4.99 Å². The van der Waals surface area contributed by atoms with E-state index < -0.39 is 0 Å². The van der Waals surface area contributed by atoms with Crippen LogP contribution in [0.25, 0.3) is 0 Å². The number of thiophene rings is 1. The molecule has 0 amide bonds. The third-order valence-corrected chi connectivity index (χ3v) is 5.38. The summed E-state index contributed by atoms with van der Waals surface area (Å²) in [5, 5.41) is 11.0. The first-order valence-electron chi connectivity index (χ1n) is 8.35. The third kappa shape index (κ3) is 4.87. The average molecular weight is 475 g/mol. The molecule has 1 aliphatic rings. The second kappa shape index (κ2) is 9.42.